The van der Waals surface area contributed by atoms with E-state index < -0.39 is 0 Å². The number of ketones is 1. The minimum absolute atomic E-state index is 0. The highest BCUT2D eigenvalue weighted by atomic mass is 19.1. The van der Waals surface area contributed by atoms with E-state index in [1.165, 1.54) is 35.5 Å². The summed E-state index contributed by atoms with van der Waals surface area (Å²) < 4.78 is 13.1. The molecule has 5 heteroatoms. The third kappa shape index (κ3) is 3.34. The van der Waals surface area contributed by atoms with Crippen LogP contribution in [0.5, 0.6) is 0 Å². The zero-order valence-electron chi connectivity index (χ0n) is 18.6. The first kappa shape index (κ1) is 20.5. The van der Waals surface area contributed by atoms with E-state index in [0.717, 1.165) is 45.6 Å². The van der Waals surface area contributed by atoms with Gasteiger partial charge in [-0.3, -0.25) is 4.79 Å². The summed E-state index contributed by atoms with van der Waals surface area (Å²) in [7, 11) is 2.21. The van der Waals surface area contributed by atoms with Crippen molar-refractivity contribution in [2.75, 3.05) is 49.6 Å². The third-order valence-corrected chi connectivity index (χ3v) is 7.84. The lowest BCUT2D eigenvalue weighted by molar-refractivity contribution is 0.0956. The number of likely N-dealkylation sites (N-methyl/N-ethyl adjacent to an activating group) is 1. The lowest BCUT2D eigenvalue weighted by Crippen LogP contribution is -2.57. The Kier molecular flexibility index (Phi) is 5.25. The van der Waals surface area contributed by atoms with Crippen molar-refractivity contribution < 1.29 is 10.6 Å². The molecule has 1 fully saturated rings. The SMILES string of the molecule is CCC12CN(CCCC(=O)c3ccc(F)cc3)CC[C@@H]1N1CCN(C)c3cccc2c31.[HH]. The van der Waals surface area contributed by atoms with E-state index in [-0.39, 0.29) is 18.4 Å². The van der Waals surface area contributed by atoms with Gasteiger partial charge in [0.15, 0.2) is 5.78 Å². The first-order valence-electron chi connectivity index (χ1n) is 11.7. The minimum Gasteiger partial charge on any atom is -0.371 e. The Bertz CT molecular complexity index is 982. The molecular formula is C26H34FN3O. The normalized spacial score (nSPS) is 24.8. The number of anilines is 2. The van der Waals surface area contributed by atoms with Crippen LogP contribution in [0.25, 0.3) is 0 Å². The molecule has 0 bridgehead atoms. The molecular weight excluding hydrogens is 389 g/mol. The molecule has 4 nitrogen and oxygen atoms in total. The molecule has 2 atom stereocenters. The average Bonchev–Trinajstić information content (AvgIpc) is 3.07. The zero-order chi connectivity index (χ0) is 21.6. The van der Waals surface area contributed by atoms with Crippen molar-refractivity contribution in [3.8, 4) is 0 Å². The van der Waals surface area contributed by atoms with E-state index >= 15 is 0 Å². The quantitative estimate of drug-likeness (QED) is 0.628. The molecule has 166 valence electrons. The Hall–Kier alpha value is -2.40. The molecule has 2 aromatic rings. The van der Waals surface area contributed by atoms with Gasteiger partial charge in [0, 0.05) is 58.1 Å². The number of Topliss-reactive ketones (excluding diaryl/α,β-unsaturated/α-hetero) is 1. The molecule has 0 aliphatic carbocycles. The summed E-state index contributed by atoms with van der Waals surface area (Å²) in [5, 5.41) is 0. The van der Waals surface area contributed by atoms with Crippen molar-refractivity contribution in [2.24, 2.45) is 0 Å². The van der Waals surface area contributed by atoms with Gasteiger partial charge >= 0.3 is 0 Å². The summed E-state index contributed by atoms with van der Waals surface area (Å²) in [4.78, 5) is 20.1. The number of rotatable bonds is 6. The summed E-state index contributed by atoms with van der Waals surface area (Å²) in [5.74, 6) is -0.190. The van der Waals surface area contributed by atoms with Gasteiger partial charge in [-0.1, -0.05) is 19.1 Å². The molecule has 2 aromatic carbocycles. The van der Waals surface area contributed by atoms with Crippen molar-refractivity contribution in [1.82, 2.24) is 4.90 Å². The smallest absolute Gasteiger partial charge is 0.162 e. The van der Waals surface area contributed by atoms with Crippen LogP contribution in [-0.4, -0.2) is 56.5 Å². The second kappa shape index (κ2) is 7.94. The van der Waals surface area contributed by atoms with Crippen LogP contribution in [-0.2, 0) is 5.41 Å². The van der Waals surface area contributed by atoms with Crippen LogP contribution in [0.4, 0.5) is 15.8 Å². The Labute approximate surface area is 186 Å². The summed E-state index contributed by atoms with van der Waals surface area (Å²) in [5.41, 5.74) is 5.16. The van der Waals surface area contributed by atoms with Crippen molar-refractivity contribution in [2.45, 2.75) is 44.1 Å². The number of fused-ring (bicyclic) bond motifs is 3. The first-order chi connectivity index (χ1) is 15.0. The molecule has 0 amide bonds. The number of likely N-dealkylation sites (tertiary alicyclic amines) is 1. The highest BCUT2D eigenvalue weighted by Crippen LogP contribution is 2.55. The number of halogens is 1. The molecule has 0 N–H and O–H groups in total. The molecule has 3 heterocycles. The predicted molar refractivity (Wildman–Crippen MR) is 126 cm³/mol. The van der Waals surface area contributed by atoms with Crippen molar-refractivity contribution in [1.29, 1.82) is 0 Å². The number of carbonyl (C=O) groups is 1. The van der Waals surface area contributed by atoms with Crippen molar-refractivity contribution in [3.63, 3.8) is 0 Å². The van der Waals surface area contributed by atoms with E-state index in [4.69, 9.17) is 0 Å². The Balaban J connectivity index is 0.00000245. The van der Waals surface area contributed by atoms with Gasteiger partial charge in [0.25, 0.3) is 0 Å². The maximum absolute atomic E-state index is 13.1. The van der Waals surface area contributed by atoms with E-state index in [2.05, 4.69) is 46.9 Å². The number of hydrogen-bond acceptors (Lipinski definition) is 4. The van der Waals surface area contributed by atoms with Gasteiger partial charge in [-0.15, -0.1) is 0 Å². The van der Waals surface area contributed by atoms with Crippen LogP contribution >= 0.6 is 0 Å². The van der Waals surface area contributed by atoms with Gasteiger partial charge in [-0.2, -0.15) is 0 Å². The molecule has 3 aliphatic rings. The average molecular weight is 424 g/mol. The number of para-hydroxylation sites is 1. The number of carbonyl (C=O) groups excluding carboxylic acids is 1. The molecule has 31 heavy (non-hydrogen) atoms. The summed E-state index contributed by atoms with van der Waals surface area (Å²) >= 11 is 0. The lowest BCUT2D eigenvalue weighted by Gasteiger charge is -2.48. The summed E-state index contributed by atoms with van der Waals surface area (Å²) in [6, 6.07) is 13.4. The molecule has 0 spiro atoms. The number of benzene rings is 2. The Morgan fingerprint density at radius 3 is 2.74 bits per heavy atom. The van der Waals surface area contributed by atoms with E-state index in [0.29, 0.717) is 18.0 Å². The molecule has 0 aromatic heterocycles. The van der Waals surface area contributed by atoms with Crippen LogP contribution in [0, 0.1) is 5.82 Å². The summed E-state index contributed by atoms with van der Waals surface area (Å²) in [6.45, 7) is 7.63. The van der Waals surface area contributed by atoms with Gasteiger partial charge < -0.3 is 14.7 Å². The van der Waals surface area contributed by atoms with Gasteiger partial charge in [0.2, 0.25) is 0 Å². The number of hydrogen-bond donors (Lipinski definition) is 0. The van der Waals surface area contributed by atoms with Gasteiger partial charge in [0.1, 0.15) is 5.82 Å². The Morgan fingerprint density at radius 2 is 1.97 bits per heavy atom. The van der Waals surface area contributed by atoms with E-state index in [1.807, 2.05) is 0 Å². The highest BCUT2D eigenvalue weighted by molar-refractivity contribution is 5.96. The first-order valence-corrected chi connectivity index (χ1v) is 11.7. The molecule has 5 rings (SSSR count). The standard InChI is InChI=1S/C26H32FN3O.H2/c1-3-26-18-29(14-5-8-23(31)19-9-11-20(27)12-10-19)15-13-24(26)30-17-16-28(2)22-7-4-6-21(26)25(22)30;/h4,6-7,9-12,24H,3,5,8,13-18H2,1-2H3;1H/t24-,26?;/m0./s1. The highest BCUT2D eigenvalue weighted by Gasteiger charge is 2.53. The fourth-order valence-corrected chi connectivity index (χ4v) is 6.20. The maximum atomic E-state index is 13.1. The van der Waals surface area contributed by atoms with E-state index in [9.17, 15) is 9.18 Å². The van der Waals surface area contributed by atoms with Crippen LogP contribution in [0.1, 0.15) is 50.0 Å². The second-order valence-electron chi connectivity index (χ2n) is 9.41. The zero-order valence-corrected chi connectivity index (χ0v) is 18.6. The topological polar surface area (TPSA) is 26.8 Å². The van der Waals surface area contributed by atoms with Gasteiger partial charge in [0.05, 0.1) is 11.4 Å². The van der Waals surface area contributed by atoms with Crippen LogP contribution in [0.2, 0.25) is 0 Å². The second-order valence-corrected chi connectivity index (χ2v) is 9.41. The monoisotopic (exact) mass is 423 g/mol. The molecule has 3 aliphatic heterocycles. The maximum Gasteiger partial charge on any atom is 0.162 e. The van der Waals surface area contributed by atoms with Crippen LogP contribution < -0.4 is 9.80 Å². The molecule has 0 saturated carbocycles. The lowest BCUT2D eigenvalue weighted by atomic mass is 9.70. The Morgan fingerprint density at radius 1 is 1.16 bits per heavy atom. The largest absolute Gasteiger partial charge is 0.371 e. The minimum atomic E-state index is -0.298. The fourth-order valence-electron chi connectivity index (χ4n) is 6.20. The van der Waals surface area contributed by atoms with Crippen molar-refractivity contribution in [3.05, 3.63) is 59.4 Å². The van der Waals surface area contributed by atoms with Crippen LogP contribution in [0.3, 0.4) is 0 Å². The molecule has 1 saturated heterocycles. The van der Waals surface area contributed by atoms with Crippen molar-refractivity contribution >= 4 is 17.2 Å². The summed E-state index contributed by atoms with van der Waals surface area (Å²) in [6.07, 6.45) is 3.68. The number of piperidine rings is 1. The number of nitrogens with zero attached hydrogens (tertiary/aromatic N) is 3. The molecule has 1 unspecified atom stereocenters. The van der Waals surface area contributed by atoms with Gasteiger partial charge in [-0.25, -0.2) is 4.39 Å². The predicted octanol–water partition coefficient (Wildman–Crippen LogP) is 4.73. The van der Waals surface area contributed by atoms with Gasteiger partial charge in [-0.05, 0) is 61.7 Å². The fraction of sp³-hybridized carbons (Fsp3) is 0.500. The third-order valence-electron chi connectivity index (χ3n) is 7.84. The van der Waals surface area contributed by atoms with E-state index in [1.54, 1.807) is 12.1 Å². The van der Waals surface area contributed by atoms with Crippen LogP contribution in [0.15, 0.2) is 42.5 Å². The molecule has 0 radical (unpaired) electrons.